The third kappa shape index (κ3) is 5.13. The van der Waals surface area contributed by atoms with Gasteiger partial charge in [-0.2, -0.15) is 0 Å². The van der Waals surface area contributed by atoms with Crippen LogP contribution in [-0.4, -0.2) is 57.2 Å². The van der Waals surface area contributed by atoms with E-state index >= 15 is 0 Å². The second kappa shape index (κ2) is 9.44. The van der Waals surface area contributed by atoms with Crippen molar-refractivity contribution in [1.29, 1.82) is 0 Å². The summed E-state index contributed by atoms with van der Waals surface area (Å²) in [7, 11) is -3.54. The molecule has 0 bridgehead atoms. The van der Waals surface area contributed by atoms with Crippen LogP contribution in [0.4, 0.5) is 8.78 Å². The maximum absolute atomic E-state index is 14.6. The van der Waals surface area contributed by atoms with Crippen molar-refractivity contribution in [2.24, 2.45) is 0 Å². The molecule has 2 atom stereocenters. The summed E-state index contributed by atoms with van der Waals surface area (Å²) in [5, 5.41) is 2.33. The number of allylic oxidation sites excluding steroid dienone is 1. The zero-order valence-electron chi connectivity index (χ0n) is 18.1. The van der Waals surface area contributed by atoms with E-state index in [1.165, 1.54) is 29.2 Å². The number of rotatable bonds is 6. The van der Waals surface area contributed by atoms with E-state index in [1.807, 2.05) is 0 Å². The lowest BCUT2D eigenvalue weighted by Gasteiger charge is -2.35. The van der Waals surface area contributed by atoms with Crippen LogP contribution in [0.15, 0.2) is 52.9 Å². The number of ether oxygens (including phenoxy) is 1. The Morgan fingerprint density at radius 1 is 1.21 bits per heavy atom. The summed E-state index contributed by atoms with van der Waals surface area (Å²) in [5.74, 6) is -2.74. The molecule has 2 aliphatic rings. The Labute approximate surface area is 200 Å². The van der Waals surface area contributed by atoms with Gasteiger partial charge in [-0.05, 0) is 42.3 Å². The Kier molecular flexibility index (Phi) is 6.75. The Hall–Kier alpha value is -2.82. The summed E-state index contributed by atoms with van der Waals surface area (Å²) in [6.45, 7) is 0.177. The molecule has 1 fully saturated rings. The van der Waals surface area contributed by atoms with Crippen molar-refractivity contribution in [3.8, 4) is 0 Å². The van der Waals surface area contributed by atoms with Gasteiger partial charge in [-0.25, -0.2) is 17.2 Å². The molecular formula is C23H21ClF2N2O5S. The number of nitrogens with one attached hydrogen (secondary N) is 1. The van der Waals surface area contributed by atoms with E-state index in [1.54, 1.807) is 6.08 Å². The van der Waals surface area contributed by atoms with Crippen LogP contribution in [0, 0.1) is 11.6 Å². The Bertz CT molecular complexity index is 1300. The van der Waals surface area contributed by atoms with Crippen molar-refractivity contribution in [2.75, 3.05) is 26.0 Å². The first-order valence-corrected chi connectivity index (χ1v) is 12.7. The molecule has 4 rings (SSSR count). The van der Waals surface area contributed by atoms with Gasteiger partial charge in [-0.1, -0.05) is 23.7 Å². The van der Waals surface area contributed by atoms with E-state index in [0.29, 0.717) is 12.0 Å². The second-order valence-electron chi connectivity index (χ2n) is 8.10. The number of hydrogen-bond acceptors (Lipinski definition) is 5. The number of nitrogens with zero attached hydrogens (tertiary/aromatic N) is 1. The van der Waals surface area contributed by atoms with Gasteiger partial charge in [0.05, 0.1) is 29.2 Å². The molecule has 1 heterocycles. The van der Waals surface area contributed by atoms with Crippen LogP contribution in [0.5, 0.6) is 0 Å². The lowest BCUT2D eigenvalue weighted by atomic mass is 10.0. The van der Waals surface area contributed by atoms with E-state index in [0.717, 1.165) is 18.4 Å². The minimum absolute atomic E-state index is 0.0198. The minimum Gasteiger partial charge on any atom is -0.377 e. The second-order valence-corrected chi connectivity index (χ2v) is 10.5. The normalized spacial score (nSPS) is 18.8. The van der Waals surface area contributed by atoms with Gasteiger partial charge in [0.15, 0.2) is 9.84 Å². The molecule has 0 unspecified atom stereocenters. The zero-order chi connectivity index (χ0) is 24.6. The van der Waals surface area contributed by atoms with Crippen LogP contribution in [0.3, 0.4) is 0 Å². The number of sulfone groups is 1. The minimum atomic E-state index is -3.54. The molecule has 0 aromatic heterocycles. The molecule has 0 radical (unpaired) electrons. The highest BCUT2D eigenvalue weighted by molar-refractivity contribution is 7.90. The van der Waals surface area contributed by atoms with Crippen molar-refractivity contribution in [3.63, 3.8) is 0 Å². The molecule has 0 saturated carbocycles. The highest BCUT2D eigenvalue weighted by Crippen LogP contribution is 2.36. The summed E-state index contributed by atoms with van der Waals surface area (Å²) >= 11 is 5.65. The molecule has 11 heteroatoms. The van der Waals surface area contributed by atoms with Crippen molar-refractivity contribution in [3.05, 3.63) is 75.8 Å². The van der Waals surface area contributed by atoms with E-state index in [4.69, 9.17) is 16.3 Å². The average Bonchev–Trinajstić information content (AvgIpc) is 3.64. The van der Waals surface area contributed by atoms with Gasteiger partial charge in [0.1, 0.15) is 17.7 Å². The molecule has 1 N–H and O–H groups in total. The first-order chi connectivity index (χ1) is 16.1. The fourth-order valence-corrected chi connectivity index (χ4v) is 4.57. The number of benzene rings is 2. The number of carbonyl (C=O) groups is 2. The monoisotopic (exact) mass is 510 g/mol. The van der Waals surface area contributed by atoms with Gasteiger partial charge in [-0.15, -0.1) is 0 Å². The molecule has 1 saturated heterocycles. The van der Waals surface area contributed by atoms with Crippen molar-refractivity contribution >= 4 is 33.3 Å². The topological polar surface area (TPSA) is 92.8 Å². The molecule has 7 nitrogen and oxygen atoms in total. The van der Waals surface area contributed by atoms with Gasteiger partial charge in [0.25, 0.3) is 5.91 Å². The third-order valence-electron chi connectivity index (χ3n) is 5.65. The quantitative estimate of drug-likeness (QED) is 0.476. The summed E-state index contributed by atoms with van der Waals surface area (Å²) in [4.78, 5) is 27.7. The molecule has 2 aromatic rings. The van der Waals surface area contributed by atoms with E-state index in [2.05, 4.69) is 5.32 Å². The maximum Gasteiger partial charge on any atom is 0.254 e. The summed E-state index contributed by atoms with van der Waals surface area (Å²) in [5.41, 5.74) is 0.730. The van der Waals surface area contributed by atoms with Crippen molar-refractivity contribution in [2.45, 2.75) is 23.4 Å². The highest BCUT2D eigenvalue weighted by Gasteiger charge is 2.36. The Balaban J connectivity index is 1.59. The van der Waals surface area contributed by atoms with Crippen LogP contribution >= 0.6 is 11.6 Å². The lowest BCUT2D eigenvalue weighted by molar-refractivity contribution is -0.131. The largest absolute Gasteiger partial charge is 0.377 e. The van der Waals surface area contributed by atoms with Crippen molar-refractivity contribution in [1.82, 2.24) is 10.2 Å². The third-order valence-corrected chi connectivity index (χ3v) is 7.05. The fourth-order valence-electron chi connectivity index (χ4n) is 3.75. The first kappa shape index (κ1) is 24.3. The molecule has 2 aromatic carbocycles. The van der Waals surface area contributed by atoms with Gasteiger partial charge in [0, 0.05) is 23.9 Å². The fraction of sp³-hybridized carbons (Fsp3) is 0.304. The highest BCUT2D eigenvalue weighted by atomic mass is 35.5. The number of halogens is 3. The van der Waals surface area contributed by atoms with Crippen molar-refractivity contribution < 1.29 is 31.5 Å². The number of amides is 2. The van der Waals surface area contributed by atoms with Crippen LogP contribution in [0.1, 0.15) is 28.4 Å². The lowest BCUT2D eigenvalue weighted by Crippen LogP contribution is -2.56. The molecule has 34 heavy (non-hydrogen) atoms. The SMILES string of the molecule is CS(=O)(=O)c1cccc(C(=O)N2CCOC[C@@H]2C(=O)N[C@H](C2=CC2)c2cc(F)c(Cl)cc2F)c1. The van der Waals surface area contributed by atoms with Crippen LogP contribution in [0.25, 0.3) is 0 Å². The predicted octanol–water partition coefficient (Wildman–Crippen LogP) is 3.05. The Morgan fingerprint density at radius 3 is 2.62 bits per heavy atom. The van der Waals surface area contributed by atoms with E-state index in [9.17, 15) is 26.8 Å². The summed E-state index contributed by atoms with van der Waals surface area (Å²) in [6.07, 6.45) is 3.33. The van der Waals surface area contributed by atoms with E-state index in [-0.39, 0.29) is 40.8 Å². The number of hydrogen-bond donors (Lipinski definition) is 1. The molecule has 2 amide bonds. The van der Waals surface area contributed by atoms with Gasteiger partial charge in [0.2, 0.25) is 5.91 Å². The van der Waals surface area contributed by atoms with E-state index < -0.39 is 45.4 Å². The molecule has 180 valence electrons. The average molecular weight is 511 g/mol. The van der Waals surface area contributed by atoms with Crippen LogP contribution in [-0.2, 0) is 19.4 Å². The maximum atomic E-state index is 14.6. The van der Waals surface area contributed by atoms with Crippen LogP contribution < -0.4 is 5.32 Å². The molecular weight excluding hydrogens is 490 g/mol. The van der Waals surface area contributed by atoms with Crippen LogP contribution in [0.2, 0.25) is 5.02 Å². The molecule has 1 aliphatic carbocycles. The number of carbonyl (C=O) groups excluding carboxylic acids is 2. The summed E-state index contributed by atoms with van der Waals surface area (Å²) in [6, 6.07) is 5.37. The predicted molar refractivity (Wildman–Crippen MR) is 120 cm³/mol. The van der Waals surface area contributed by atoms with Gasteiger partial charge < -0.3 is 15.0 Å². The van der Waals surface area contributed by atoms with Gasteiger partial charge >= 0.3 is 0 Å². The first-order valence-electron chi connectivity index (χ1n) is 10.4. The van der Waals surface area contributed by atoms with Gasteiger partial charge in [-0.3, -0.25) is 9.59 Å². The standard InChI is InChI=1S/C23H21ClF2N2O5S/c1-34(31,32)15-4-2-3-14(9-15)23(30)28-7-8-33-12-20(28)22(29)27-21(13-5-6-13)16-10-19(26)17(24)11-18(16)25/h2-5,9-11,20-21H,6-8,12H2,1H3,(H,27,29)/t20-,21-/m1/s1. The summed E-state index contributed by atoms with van der Waals surface area (Å²) < 4.78 is 57.7. The zero-order valence-corrected chi connectivity index (χ0v) is 19.6. The number of morpholine rings is 1. The Morgan fingerprint density at radius 2 is 1.94 bits per heavy atom. The molecule has 0 spiro atoms. The smallest absolute Gasteiger partial charge is 0.254 e. The molecule has 1 aliphatic heterocycles.